The molecule has 2 nitrogen and oxygen atoms in total. The molecule has 0 saturated carbocycles. The van der Waals surface area contributed by atoms with Gasteiger partial charge in [0.2, 0.25) is 0 Å². The molecule has 114 valence electrons. The molecular formula is C18H32N2. The number of hydrogen-bond acceptors (Lipinski definition) is 2. The van der Waals surface area contributed by atoms with Gasteiger partial charge in [0.15, 0.2) is 0 Å². The van der Waals surface area contributed by atoms with Gasteiger partial charge in [-0.2, -0.15) is 0 Å². The fourth-order valence-corrected chi connectivity index (χ4v) is 2.38. The van der Waals surface area contributed by atoms with E-state index in [1.165, 1.54) is 36.9 Å². The fourth-order valence-electron chi connectivity index (χ4n) is 2.38. The third-order valence-corrected chi connectivity index (χ3v) is 3.57. The first kappa shape index (κ1) is 17.2. The lowest BCUT2D eigenvalue weighted by Crippen LogP contribution is -2.23. The SMILES string of the molecule is CCCCCN(C)Cc1ccccc1CNCC(C)C. The predicted octanol–water partition coefficient (Wildman–Crippen LogP) is 4.05. The van der Waals surface area contributed by atoms with Crippen LogP contribution in [0.4, 0.5) is 0 Å². The van der Waals surface area contributed by atoms with E-state index in [2.05, 4.69) is 62.3 Å². The summed E-state index contributed by atoms with van der Waals surface area (Å²) in [5.41, 5.74) is 2.90. The summed E-state index contributed by atoms with van der Waals surface area (Å²) in [6.07, 6.45) is 3.94. The van der Waals surface area contributed by atoms with E-state index < -0.39 is 0 Å². The van der Waals surface area contributed by atoms with E-state index >= 15 is 0 Å². The molecular weight excluding hydrogens is 244 g/mol. The zero-order valence-electron chi connectivity index (χ0n) is 13.8. The van der Waals surface area contributed by atoms with Crippen molar-refractivity contribution < 1.29 is 0 Å². The maximum absolute atomic E-state index is 3.55. The van der Waals surface area contributed by atoms with Crippen LogP contribution < -0.4 is 5.32 Å². The standard InChI is InChI=1S/C18H32N2/c1-5-6-9-12-20(4)15-18-11-8-7-10-17(18)14-19-13-16(2)3/h7-8,10-11,16,19H,5-6,9,12-15H2,1-4H3. The zero-order valence-corrected chi connectivity index (χ0v) is 13.8. The molecule has 1 N–H and O–H groups in total. The number of rotatable bonds is 10. The molecule has 0 atom stereocenters. The fraction of sp³-hybridized carbons (Fsp3) is 0.667. The maximum Gasteiger partial charge on any atom is 0.0233 e. The van der Waals surface area contributed by atoms with Gasteiger partial charge in [0.25, 0.3) is 0 Å². The van der Waals surface area contributed by atoms with Crippen molar-refractivity contribution in [2.45, 2.75) is 53.1 Å². The van der Waals surface area contributed by atoms with Crippen LogP contribution in [0, 0.1) is 5.92 Å². The molecule has 0 fully saturated rings. The van der Waals surface area contributed by atoms with Crippen LogP contribution in [0.1, 0.15) is 51.2 Å². The normalized spacial score (nSPS) is 11.5. The highest BCUT2D eigenvalue weighted by molar-refractivity contribution is 5.26. The van der Waals surface area contributed by atoms with Gasteiger partial charge in [0.05, 0.1) is 0 Å². The van der Waals surface area contributed by atoms with Gasteiger partial charge >= 0.3 is 0 Å². The van der Waals surface area contributed by atoms with Crippen molar-refractivity contribution in [2.75, 3.05) is 20.1 Å². The second-order valence-corrected chi connectivity index (χ2v) is 6.24. The third kappa shape index (κ3) is 7.06. The van der Waals surface area contributed by atoms with E-state index in [1.807, 2.05) is 0 Å². The molecule has 0 bridgehead atoms. The Bertz CT molecular complexity index is 360. The quantitative estimate of drug-likeness (QED) is 0.648. The summed E-state index contributed by atoms with van der Waals surface area (Å²) in [6, 6.07) is 8.82. The smallest absolute Gasteiger partial charge is 0.0233 e. The molecule has 2 heteroatoms. The Morgan fingerprint density at radius 3 is 2.45 bits per heavy atom. The lowest BCUT2D eigenvalue weighted by molar-refractivity contribution is 0.317. The van der Waals surface area contributed by atoms with E-state index in [0.717, 1.165) is 19.6 Å². The van der Waals surface area contributed by atoms with Gasteiger partial charge in [0, 0.05) is 13.1 Å². The van der Waals surface area contributed by atoms with Gasteiger partial charge in [-0.3, -0.25) is 0 Å². The Morgan fingerprint density at radius 2 is 1.80 bits per heavy atom. The molecule has 0 radical (unpaired) electrons. The topological polar surface area (TPSA) is 15.3 Å². The van der Waals surface area contributed by atoms with Crippen molar-refractivity contribution >= 4 is 0 Å². The van der Waals surface area contributed by atoms with Gasteiger partial charge < -0.3 is 10.2 Å². The second-order valence-electron chi connectivity index (χ2n) is 6.24. The van der Waals surface area contributed by atoms with Gasteiger partial charge in [-0.1, -0.05) is 57.9 Å². The lowest BCUT2D eigenvalue weighted by atomic mass is 10.1. The number of hydrogen-bond donors (Lipinski definition) is 1. The first-order valence-electron chi connectivity index (χ1n) is 8.09. The van der Waals surface area contributed by atoms with E-state index in [0.29, 0.717) is 5.92 Å². The van der Waals surface area contributed by atoms with Crippen molar-refractivity contribution in [1.29, 1.82) is 0 Å². The predicted molar refractivity (Wildman–Crippen MR) is 88.8 cm³/mol. The van der Waals surface area contributed by atoms with Crippen molar-refractivity contribution in [2.24, 2.45) is 5.92 Å². The van der Waals surface area contributed by atoms with Gasteiger partial charge in [0.1, 0.15) is 0 Å². The van der Waals surface area contributed by atoms with E-state index in [9.17, 15) is 0 Å². The molecule has 1 aromatic carbocycles. The number of benzene rings is 1. The average Bonchev–Trinajstić information content (AvgIpc) is 2.40. The Hall–Kier alpha value is -0.860. The zero-order chi connectivity index (χ0) is 14.8. The van der Waals surface area contributed by atoms with Gasteiger partial charge in [-0.05, 0) is 43.6 Å². The number of nitrogens with zero attached hydrogens (tertiary/aromatic N) is 1. The number of nitrogens with one attached hydrogen (secondary N) is 1. The summed E-state index contributed by atoms with van der Waals surface area (Å²) in [5.74, 6) is 0.707. The Morgan fingerprint density at radius 1 is 1.10 bits per heavy atom. The summed E-state index contributed by atoms with van der Waals surface area (Å²) in [6.45, 7) is 11.1. The molecule has 0 saturated heterocycles. The highest BCUT2D eigenvalue weighted by Crippen LogP contribution is 2.12. The van der Waals surface area contributed by atoms with Crippen molar-refractivity contribution in [3.05, 3.63) is 35.4 Å². The molecule has 0 aliphatic carbocycles. The van der Waals surface area contributed by atoms with Crippen molar-refractivity contribution in [3.8, 4) is 0 Å². The third-order valence-electron chi connectivity index (χ3n) is 3.57. The van der Waals surface area contributed by atoms with Crippen LogP contribution in [0.3, 0.4) is 0 Å². The van der Waals surface area contributed by atoms with E-state index in [-0.39, 0.29) is 0 Å². The highest BCUT2D eigenvalue weighted by Gasteiger charge is 2.05. The van der Waals surface area contributed by atoms with Gasteiger partial charge in [-0.15, -0.1) is 0 Å². The van der Waals surface area contributed by atoms with Crippen LogP contribution in [0.5, 0.6) is 0 Å². The Labute approximate surface area is 125 Å². The molecule has 0 aliphatic heterocycles. The summed E-state index contributed by atoms with van der Waals surface area (Å²) >= 11 is 0. The van der Waals surface area contributed by atoms with E-state index in [1.54, 1.807) is 0 Å². The average molecular weight is 276 g/mol. The number of unbranched alkanes of at least 4 members (excludes halogenated alkanes) is 2. The second kappa shape index (κ2) is 9.95. The molecule has 0 amide bonds. The summed E-state index contributed by atoms with van der Waals surface area (Å²) in [4.78, 5) is 2.44. The van der Waals surface area contributed by atoms with Gasteiger partial charge in [-0.25, -0.2) is 0 Å². The Balaban J connectivity index is 2.47. The molecule has 0 spiro atoms. The summed E-state index contributed by atoms with van der Waals surface area (Å²) < 4.78 is 0. The minimum atomic E-state index is 0.707. The minimum absolute atomic E-state index is 0.707. The minimum Gasteiger partial charge on any atom is -0.312 e. The molecule has 20 heavy (non-hydrogen) atoms. The summed E-state index contributed by atoms with van der Waals surface area (Å²) in [7, 11) is 2.23. The van der Waals surface area contributed by atoms with Crippen LogP contribution in [0.15, 0.2) is 24.3 Å². The van der Waals surface area contributed by atoms with Crippen molar-refractivity contribution in [1.82, 2.24) is 10.2 Å². The van der Waals surface area contributed by atoms with Crippen LogP contribution >= 0.6 is 0 Å². The van der Waals surface area contributed by atoms with Crippen LogP contribution in [-0.4, -0.2) is 25.0 Å². The molecule has 0 aliphatic rings. The largest absolute Gasteiger partial charge is 0.312 e. The highest BCUT2D eigenvalue weighted by atomic mass is 15.1. The lowest BCUT2D eigenvalue weighted by Gasteiger charge is -2.19. The van der Waals surface area contributed by atoms with Crippen LogP contribution in [0.25, 0.3) is 0 Å². The first-order chi connectivity index (χ1) is 9.63. The Kier molecular flexibility index (Phi) is 8.56. The molecule has 0 heterocycles. The van der Waals surface area contributed by atoms with Crippen LogP contribution in [0.2, 0.25) is 0 Å². The maximum atomic E-state index is 3.55. The molecule has 0 unspecified atom stereocenters. The summed E-state index contributed by atoms with van der Waals surface area (Å²) in [5, 5.41) is 3.55. The molecule has 0 aromatic heterocycles. The van der Waals surface area contributed by atoms with Crippen LogP contribution in [-0.2, 0) is 13.1 Å². The van der Waals surface area contributed by atoms with Crippen molar-refractivity contribution in [3.63, 3.8) is 0 Å². The monoisotopic (exact) mass is 276 g/mol. The first-order valence-corrected chi connectivity index (χ1v) is 8.09. The van der Waals surface area contributed by atoms with E-state index in [4.69, 9.17) is 0 Å². The molecule has 1 rings (SSSR count). The molecule has 1 aromatic rings.